The molecule has 0 aliphatic carbocycles. The molecule has 1 aromatic carbocycles. The van der Waals surface area contributed by atoms with Gasteiger partial charge in [0.2, 0.25) is 0 Å². The molecule has 3 nitrogen and oxygen atoms in total. The second-order valence-electron chi connectivity index (χ2n) is 3.53. The van der Waals surface area contributed by atoms with Crippen LogP contribution in [0.2, 0.25) is 0 Å². The first-order valence-corrected chi connectivity index (χ1v) is 6.46. The monoisotopic (exact) mass is 246 g/mol. The molecule has 0 spiro atoms. The van der Waals surface area contributed by atoms with Gasteiger partial charge in [0.15, 0.2) is 0 Å². The summed E-state index contributed by atoms with van der Waals surface area (Å²) in [6, 6.07) is 7.89. The van der Waals surface area contributed by atoms with Crippen LogP contribution in [0.5, 0.6) is 0 Å². The predicted molar refractivity (Wildman–Crippen MR) is 68.9 cm³/mol. The van der Waals surface area contributed by atoms with Gasteiger partial charge in [0, 0.05) is 17.3 Å². The molecule has 0 aliphatic heterocycles. The molecule has 0 aliphatic rings. The molecule has 1 heterocycles. The van der Waals surface area contributed by atoms with Gasteiger partial charge in [-0.25, -0.2) is 0 Å². The number of hydrogen-bond acceptors (Lipinski definition) is 4. The maximum absolute atomic E-state index is 10.1. The Balaban J connectivity index is 2.17. The lowest BCUT2D eigenvalue weighted by Crippen LogP contribution is -2.02. The van der Waals surface area contributed by atoms with E-state index in [1.54, 1.807) is 30.4 Å². The lowest BCUT2D eigenvalue weighted by atomic mass is 10.1. The van der Waals surface area contributed by atoms with E-state index >= 15 is 0 Å². The van der Waals surface area contributed by atoms with Crippen molar-refractivity contribution in [2.45, 2.75) is 17.9 Å². The second kappa shape index (κ2) is 5.80. The summed E-state index contributed by atoms with van der Waals surface area (Å²) >= 11 is 1.78. The topological polar surface area (TPSA) is 46.0 Å². The third-order valence-corrected chi connectivity index (χ3v) is 3.26. The van der Waals surface area contributed by atoms with Crippen LogP contribution in [0.15, 0.2) is 47.8 Å². The SMILES string of the molecule is CCSc1ccc(C(O)c2cnccn2)cc1. The molecule has 0 bridgehead atoms. The van der Waals surface area contributed by atoms with Gasteiger partial charge >= 0.3 is 0 Å². The fourth-order valence-electron chi connectivity index (χ4n) is 1.54. The van der Waals surface area contributed by atoms with E-state index in [1.807, 2.05) is 24.3 Å². The summed E-state index contributed by atoms with van der Waals surface area (Å²) in [5.74, 6) is 1.05. The van der Waals surface area contributed by atoms with Crippen LogP contribution in [0.4, 0.5) is 0 Å². The van der Waals surface area contributed by atoms with Gasteiger partial charge in [-0.05, 0) is 23.4 Å². The van der Waals surface area contributed by atoms with Crippen molar-refractivity contribution in [3.8, 4) is 0 Å². The Morgan fingerprint density at radius 3 is 2.59 bits per heavy atom. The van der Waals surface area contributed by atoms with Crippen LogP contribution in [0.25, 0.3) is 0 Å². The van der Waals surface area contributed by atoms with Crippen molar-refractivity contribution in [1.82, 2.24) is 9.97 Å². The molecule has 0 amide bonds. The zero-order valence-corrected chi connectivity index (χ0v) is 10.4. The van der Waals surface area contributed by atoms with E-state index in [-0.39, 0.29) is 0 Å². The van der Waals surface area contributed by atoms with Crippen molar-refractivity contribution in [3.63, 3.8) is 0 Å². The number of aliphatic hydroxyl groups excluding tert-OH is 1. The molecular weight excluding hydrogens is 232 g/mol. The smallest absolute Gasteiger partial charge is 0.123 e. The standard InChI is InChI=1S/C13H14N2OS/c1-2-17-11-5-3-10(4-6-11)13(16)12-9-14-7-8-15-12/h3-9,13,16H,2H2,1H3. The third kappa shape index (κ3) is 3.05. The molecule has 4 heteroatoms. The molecule has 0 saturated carbocycles. The quantitative estimate of drug-likeness (QED) is 0.842. The summed E-state index contributed by atoms with van der Waals surface area (Å²) in [7, 11) is 0. The number of aromatic nitrogens is 2. The Morgan fingerprint density at radius 1 is 1.24 bits per heavy atom. The number of rotatable bonds is 4. The van der Waals surface area contributed by atoms with Gasteiger partial charge in [-0.2, -0.15) is 0 Å². The summed E-state index contributed by atoms with van der Waals surface area (Å²) in [6.07, 6.45) is 4.06. The Hall–Kier alpha value is -1.39. The van der Waals surface area contributed by atoms with Gasteiger partial charge in [0.1, 0.15) is 6.10 Å². The zero-order valence-electron chi connectivity index (χ0n) is 9.58. The highest BCUT2D eigenvalue weighted by atomic mass is 32.2. The lowest BCUT2D eigenvalue weighted by molar-refractivity contribution is 0.214. The number of aliphatic hydroxyl groups is 1. The van der Waals surface area contributed by atoms with Gasteiger partial charge in [0.25, 0.3) is 0 Å². The van der Waals surface area contributed by atoms with Gasteiger partial charge < -0.3 is 5.11 Å². The summed E-state index contributed by atoms with van der Waals surface area (Å²) in [6.45, 7) is 2.12. The average molecular weight is 246 g/mol. The van der Waals surface area contributed by atoms with Crippen LogP contribution in [0.1, 0.15) is 24.3 Å². The maximum Gasteiger partial charge on any atom is 0.123 e. The first-order chi connectivity index (χ1) is 8.31. The Kier molecular flexibility index (Phi) is 4.12. The van der Waals surface area contributed by atoms with Crippen molar-refractivity contribution < 1.29 is 5.11 Å². The highest BCUT2D eigenvalue weighted by molar-refractivity contribution is 7.99. The molecule has 2 aromatic rings. The summed E-state index contributed by atoms with van der Waals surface area (Å²) < 4.78 is 0. The van der Waals surface area contributed by atoms with Crippen molar-refractivity contribution in [2.24, 2.45) is 0 Å². The van der Waals surface area contributed by atoms with E-state index in [0.717, 1.165) is 11.3 Å². The molecule has 1 N–H and O–H groups in total. The molecule has 2 rings (SSSR count). The molecule has 1 aromatic heterocycles. The highest BCUT2D eigenvalue weighted by Gasteiger charge is 2.11. The molecule has 0 radical (unpaired) electrons. The lowest BCUT2D eigenvalue weighted by Gasteiger charge is -2.10. The number of hydrogen-bond donors (Lipinski definition) is 1. The van der Waals surface area contributed by atoms with Crippen LogP contribution < -0.4 is 0 Å². The fourth-order valence-corrected chi connectivity index (χ4v) is 2.20. The third-order valence-electron chi connectivity index (χ3n) is 2.37. The molecule has 88 valence electrons. The van der Waals surface area contributed by atoms with Crippen LogP contribution >= 0.6 is 11.8 Å². The maximum atomic E-state index is 10.1. The highest BCUT2D eigenvalue weighted by Crippen LogP contribution is 2.23. The molecule has 0 saturated heterocycles. The number of benzene rings is 1. The summed E-state index contributed by atoms with van der Waals surface area (Å²) in [5, 5.41) is 10.1. The predicted octanol–water partition coefficient (Wildman–Crippen LogP) is 2.67. The first-order valence-electron chi connectivity index (χ1n) is 5.48. The van der Waals surface area contributed by atoms with E-state index in [9.17, 15) is 5.11 Å². The van der Waals surface area contributed by atoms with Crippen LogP contribution in [0.3, 0.4) is 0 Å². The van der Waals surface area contributed by atoms with E-state index in [0.29, 0.717) is 5.69 Å². The molecule has 1 unspecified atom stereocenters. The molecule has 0 fully saturated rings. The zero-order chi connectivity index (χ0) is 12.1. The van der Waals surface area contributed by atoms with Crippen LogP contribution in [-0.2, 0) is 0 Å². The van der Waals surface area contributed by atoms with Crippen molar-refractivity contribution in [2.75, 3.05) is 5.75 Å². The Morgan fingerprint density at radius 2 is 2.00 bits per heavy atom. The van der Waals surface area contributed by atoms with Crippen LogP contribution in [-0.4, -0.2) is 20.8 Å². The van der Waals surface area contributed by atoms with Gasteiger partial charge in [-0.15, -0.1) is 11.8 Å². The minimum absolute atomic E-state index is 0.573. The molecular formula is C13H14N2OS. The van der Waals surface area contributed by atoms with Crippen molar-refractivity contribution >= 4 is 11.8 Å². The number of nitrogens with zero attached hydrogens (tertiary/aromatic N) is 2. The first kappa shape index (κ1) is 12.1. The Labute approximate surface area is 105 Å². The second-order valence-corrected chi connectivity index (χ2v) is 4.87. The largest absolute Gasteiger partial charge is 0.382 e. The average Bonchev–Trinajstić information content (AvgIpc) is 2.40. The van der Waals surface area contributed by atoms with E-state index in [1.165, 1.54) is 4.90 Å². The minimum Gasteiger partial charge on any atom is -0.382 e. The van der Waals surface area contributed by atoms with Crippen LogP contribution in [0, 0.1) is 0 Å². The summed E-state index contributed by atoms with van der Waals surface area (Å²) in [4.78, 5) is 9.26. The van der Waals surface area contributed by atoms with E-state index < -0.39 is 6.10 Å². The fraction of sp³-hybridized carbons (Fsp3) is 0.231. The van der Waals surface area contributed by atoms with Gasteiger partial charge in [-0.3, -0.25) is 9.97 Å². The van der Waals surface area contributed by atoms with Gasteiger partial charge in [0.05, 0.1) is 11.9 Å². The Bertz CT molecular complexity index is 459. The minimum atomic E-state index is -0.704. The summed E-state index contributed by atoms with van der Waals surface area (Å²) in [5.41, 5.74) is 1.41. The van der Waals surface area contributed by atoms with Crippen molar-refractivity contribution in [3.05, 3.63) is 54.1 Å². The van der Waals surface area contributed by atoms with E-state index in [4.69, 9.17) is 0 Å². The molecule has 1 atom stereocenters. The molecule has 17 heavy (non-hydrogen) atoms. The number of thioether (sulfide) groups is 1. The van der Waals surface area contributed by atoms with E-state index in [2.05, 4.69) is 16.9 Å². The van der Waals surface area contributed by atoms with Gasteiger partial charge in [-0.1, -0.05) is 19.1 Å². The van der Waals surface area contributed by atoms with Crippen molar-refractivity contribution in [1.29, 1.82) is 0 Å². The normalized spacial score (nSPS) is 12.4.